The third-order valence-electron chi connectivity index (χ3n) is 4.09. The molecular formula is C15H21F3N2. The summed E-state index contributed by atoms with van der Waals surface area (Å²) in [6.45, 7) is 2.34. The molecule has 0 aliphatic heterocycles. The topological polar surface area (TPSA) is 29.3 Å². The molecule has 1 fully saturated rings. The third kappa shape index (κ3) is 3.26. The molecule has 0 aromatic heterocycles. The van der Waals surface area contributed by atoms with E-state index in [4.69, 9.17) is 5.73 Å². The monoisotopic (exact) mass is 286 g/mol. The van der Waals surface area contributed by atoms with Crippen molar-refractivity contribution in [2.75, 3.05) is 18.5 Å². The lowest BCUT2D eigenvalue weighted by molar-refractivity contribution is -0.137. The SMILES string of the molecule is CC(C1CC1)N(C)c1ccc(CCN)cc1C(F)(F)F. The van der Waals surface area contributed by atoms with Gasteiger partial charge >= 0.3 is 6.18 Å². The van der Waals surface area contributed by atoms with E-state index < -0.39 is 11.7 Å². The number of hydrogen-bond acceptors (Lipinski definition) is 2. The van der Waals surface area contributed by atoms with Crippen LogP contribution in [0.3, 0.4) is 0 Å². The zero-order valence-electron chi connectivity index (χ0n) is 11.9. The van der Waals surface area contributed by atoms with Crippen LogP contribution in [0.2, 0.25) is 0 Å². The third-order valence-corrected chi connectivity index (χ3v) is 4.09. The first kappa shape index (κ1) is 15.2. The minimum Gasteiger partial charge on any atom is -0.371 e. The second-order valence-corrected chi connectivity index (χ2v) is 5.58. The summed E-state index contributed by atoms with van der Waals surface area (Å²) in [6.07, 6.45) is -1.65. The molecule has 1 aliphatic carbocycles. The molecule has 1 atom stereocenters. The Morgan fingerprint density at radius 1 is 1.35 bits per heavy atom. The van der Waals surface area contributed by atoms with Gasteiger partial charge in [-0.3, -0.25) is 0 Å². The summed E-state index contributed by atoms with van der Waals surface area (Å²) in [5.74, 6) is 0.518. The average molecular weight is 286 g/mol. The molecule has 0 heterocycles. The number of anilines is 1. The van der Waals surface area contributed by atoms with Crippen molar-refractivity contribution in [3.8, 4) is 0 Å². The first-order valence-corrected chi connectivity index (χ1v) is 6.97. The fourth-order valence-electron chi connectivity index (χ4n) is 2.55. The smallest absolute Gasteiger partial charge is 0.371 e. The lowest BCUT2D eigenvalue weighted by atomic mass is 10.0. The maximum Gasteiger partial charge on any atom is 0.418 e. The molecule has 2 nitrogen and oxygen atoms in total. The molecule has 20 heavy (non-hydrogen) atoms. The number of halogens is 3. The molecule has 0 bridgehead atoms. The van der Waals surface area contributed by atoms with Crippen LogP contribution in [0.25, 0.3) is 0 Å². The minimum atomic E-state index is -4.34. The molecule has 5 heteroatoms. The molecule has 0 saturated heterocycles. The summed E-state index contributed by atoms with van der Waals surface area (Å²) < 4.78 is 39.8. The molecule has 1 aromatic rings. The molecule has 2 N–H and O–H groups in total. The van der Waals surface area contributed by atoms with Gasteiger partial charge in [0.25, 0.3) is 0 Å². The molecule has 0 radical (unpaired) electrons. The van der Waals surface area contributed by atoms with E-state index in [0.717, 1.165) is 12.8 Å². The Bertz CT molecular complexity index is 467. The van der Waals surface area contributed by atoms with Gasteiger partial charge in [0.15, 0.2) is 0 Å². The van der Waals surface area contributed by atoms with Gasteiger partial charge in [-0.25, -0.2) is 0 Å². The number of hydrogen-bond donors (Lipinski definition) is 1. The molecule has 112 valence electrons. The van der Waals surface area contributed by atoms with Gasteiger partial charge in [0, 0.05) is 18.8 Å². The number of benzene rings is 1. The van der Waals surface area contributed by atoms with E-state index in [1.807, 2.05) is 6.92 Å². The van der Waals surface area contributed by atoms with Gasteiger partial charge in [-0.1, -0.05) is 6.07 Å². The van der Waals surface area contributed by atoms with E-state index in [1.165, 1.54) is 6.07 Å². The van der Waals surface area contributed by atoms with Gasteiger partial charge in [-0.15, -0.1) is 0 Å². The van der Waals surface area contributed by atoms with Crippen LogP contribution in [-0.2, 0) is 12.6 Å². The maximum absolute atomic E-state index is 13.3. The fourth-order valence-corrected chi connectivity index (χ4v) is 2.55. The lowest BCUT2D eigenvalue weighted by Gasteiger charge is -2.30. The molecule has 0 spiro atoms. The first-order chi connectivity index (χ1) is 9.34. The molecule has 1 unspecified atom stereocenters. The predicted octanol–water partition coefficient (Wildman–Crippen LogP) is 3.44. The molecular weight excluding hydrogens is 265 g/mol. The van der Waals surface area contributed by atoms with E-state index in [-0.39, 0.29) is 11.7 Å². The molecule has 1 aromatic carbocycles. The van der Waals surface area contributed by atoms with Gasteiger partial charge in [0.2, 0.25) is 0 Å². The van der Waals surface area contributed by atoms with Gasteiger partial charge in [0.1, 0.15) is 0 Å². The quantitative estimate of drug-likeness (QED) is 0.898. The van der Waals surface area contributed by atoms with Crippen molar-refractivity contribution in [1.29, 1.82) is 0 Å². The normalized spacial score (nSPS) is 17.1. The van der Waals surface area contributed by atoms with Crippen molar-refractivity contribution in [2.45, 2.75) is 38.4 Å². The average Bonchev–Trinajstić information content (AvgIpc) is 3.20. The summed E-state index contributed by atoms with van der Waals surface area (Å²) in [7, 11) is 1.75. The van der Waals surface area contributed by atoms with Gasteiger partial charge in [0.05, 0.1) is 5.56 Å². The number of alkyl halides is 3. The molecule has 1 saturated carbocycles. The summed E-state index contributed by atoms with van der Waals surface area (Å²) in [5, 5.41) is 0. The molecule has 0 amide bonds. The van der Waals surface area contributed by atoms with Crippen molar-refractivity contribution in [3.05, 3.63) is 29.3 Å². The van der Waals surface area contributed by atoms with Crippen LogP contribution in [0.4, 0.5) is 18.9 Å². The Balaban J connectivity index is 2.35. The highest BCUT2D eigenvalue weighted by atomic mass is 19.4. The number of nitrogens with zero attached hydrogens (tertiary/aromatic N) is 1. The van der Waals surface area contributed by atoms with Crippen LogP contribution in [0.5, 0.6) is 0 Å². The highest BCUT2D eigenvalue weighted by Gasteiger charge is 2.37. The predicted molar refractivity (Wildman–Crippen MR) is 74.8 cm³/mol. The minimum absolute atomic E-state index is 0.136. The maximum atomic E-state index is 13.3. The standard InChI is InChI=1S/C15H21F3N2/c1-10(12-4-5-12)20(2)14-6-3-11(7-8-19)9-13(14)15(16,17)18/h3,6,9-10,12H,4-5,7-8,19H2,1-2H3. The Labute approximate surface area is 117 Å². The van der Waals surface area contributed by atoms with Crippen LogP contribution in [-0.4, -0.2) is 19.6 Å². The highest BCUT2D eigenvalue weighted by molar-refractivity contribution is 5.57. The van der Waals surface area contributed by atoms with Gasteiger partial charge in [-0.05, 0) is 56.3 Å². The second-order valence-electron chi connectivity index (χ2n) is 5.58. The Kier molecular flexibility index (Phi) is 4.28. The molecule has 1 aliphatic rings. The van der Waals surface area contributed by atoms with E-state index >= 15 is 0 Å². The molecule has 2 rings (SSSR count). The lowest BCUT2D eigenvalue weighted by Crippen LogP contribution is -2.32. The summed E-state index contributed by atoms with van der Waals surface area (Å²) >= 11 is 0. The fraction of sp³-hybridized carbons (Fsp3) is 0.600. The van der Waals surface area contributed by atoms with E-state index in [9.17, 15) is 13.2 Å². The Morgan fingerprint density at radius 3 is 2.50 bits per heavy atom. The highest BCUT2D eigenvalue weighted by Crippen LogP contribution is 2.41. The second kappa shape index (κ2) is 5.64. The largest absolute Gasteiger partial charge is 0.418 e. The number of rotatable bonds is 5. The van der Waals surface area contributed by atoms with Crippen molar-refractivity contribution in [1.82, 2.24) is 0 Å². The van der Waals surface area contributed by atoms with Crippen LogP contribution in [0.1, 0.15) is 30.9 Å². The van der Waals surface area contributed by atoms with Crippen LogP contribution >= 0.6 is 0 Å². The number of nitrogens with two attached hydrogens (primary N) is 1. The zero-order valence-corrected chi connectivity index (χ0v) is 11.9. The van der Waals surface area contributed by atoms with Crippen molar-refractivity contribution in [2.24, 2.45) is 11.7 Å². The van der Waals surface area contributed by atoms with Crippen molar-refractivity contribution in [3.63, 3.8) is 0 Å². The van der Waals surface area contributed by atoms with E-state index in [1.54, 1.807) is 24.1 Å². The van der Waals surface area contributed by atoms with Gasteiger partial charge in [-0.2, -0.15) is 13.2 Å². The first-order valence-electron chi connectivity index (χ1n) is 6.97. The summed E-state index contributed by atoms with van der Waals surface area (Å²) in [5.41, 5.74) is 5.76. The van der Waals surface area contributed by atoms with E-state index in [0.29, 0.717) is 24.4 Å². The Hall–Kier alpha value is -1.23. The van der Waals surface area contributed by atoms with Crippen LogP contribution in [0.15, 0.2) is 18.2 Å². The zero-order chi connectivity index (χ0) is 14.9. The van der Waals surface area contributed by atoms with Gasteiger partial charge < -0.3 is 10.6 Å². The van der Waals surface area contributed by atoms with Crippen LogP contribution in [0, 0.1) is 5.92 Å². The summed E-state index contributed by atoms with van der Waals surface area (Å²) in [6, 6.07) is 4.69. The summed E-state index contributed by atoms with van der Waals surface area (Å²) in [4.78, 5) is 1.76. The van der Waals surface area contributed by atoms with Crippen molar-refractivity contribution < 1.29 is 13.2 Å². The van der Waals surface area contributed by atoms with Crippen molar-refractivity contribution >= 4 is 5.69 Å². The van der Waals surface area contributed by atoms with Crippen LogP contribution < -0.4 is 10.6 Å². The van der Waals surface area contributed by atoms with E-state index in [2.05, 4.69) is 0 Å². The Morgan fingerprint density at radius 2 is 2.00 bits per heavy atom.